The van der Waals surface area contributed by atoms with Gasteiger partial charge in [0, 0.05) is 29.4 Å². The number of benzene rings is 1. The molecule has 1 fully saturated rings. The topological polar surface area (TPSA) is 71.1 Å². The van der Waals surface area contributed by atoms with Gasteiger partial charge < -0.3 is 10.6 Å². The number of hydrogen-bond donors (Lipinski definition) is 2. The summed E-state index contributed by atoms with van der Waals surface area (Å²) in [6, 6.07) is 10.9. The van der Waals surface area contributed by atoms with Gasteiger partial charge in [-0.15, -0.1) is 0 Å². The van der Waals surface area contributed by atoms with E-state index in [2.05, 4.69) is 15.6 Å². The Bertz CT molecular complexity index is 804. The Labute approximate surface area is 164 Å². The first kappa shape index (κ1) is 19.4. The maximum absolute atomic E-state index is 12.4. The molecule has 5 nitrogen and oxygen atoms in total. The minimum Gasteiger partial charge on any atom is -0.352 e. The lowest BCUT2D eigenvalue weighted by Crippen LogP contribution is -2.36. The third kappa shape index (κ3) is 5.79. The van der Waals surface area contributed by atoms with Crippen LogP contribution in [-0.4, -0.2) is 29.4 Å². The van der Waals surface area contributed by atoms with E-state index in [1.807, 2.05) is 24.3 Å². The van der Waals surface area contributed by atoms with Crippen LogP contribution in [0.3, 0.4) is 0 Å². The lowest BCUT2D eigenvalue weighted by molar-refractivity contribution is 0.0922. The number of nitrogens with one attached hydrogen (secondary N) is 2. The fourth-order valence-corrected chi connectivity index (χ4v) is 3.53. The van der Waals surface area contributed by atoms with Crippen LogP contribution in [0, 0.1) is 0 Å². The summed E-state index contributed by atoms with van der Waals surface area (Å²) in [7, 11) is 0. The van der Waals surface area contributed by atoms with E-state index in [0.717, 1.165) is 31.2 Å². The molecule has 1 aromatic heterocycles. The summed E-state index contributed by atoms with van der Waals surface area (Å²) in [6.45, 7) is 0.491. The number of amides is 2. The number of halogens is 1. The molecule has 1 saturated carbocycles. The molecule has 1 aliphatic carbocycles. The Hall–Kier alpha value is -2.40. The van der Waals surface area contributed by atoms with Crippen LogP contribution in [-0.2, 0) is 6.42 Å². The Morgan fingerprint density at radius 3 is 2.67 bits per heavy atom. The molecule has 0 bridgehead atoms. The summed E-state index contributed by atoms with van der Waals surface area (Å²) in [5.74, 6) is -0.429. The molecule has 27 heavy (non-hydrogen) atoms. The smallest absolute Gasteiger partial charge is 0.270 e. The number of hydrogen-bond acceptors (Lipinski definition) is 3. The minimum atomic E-state index is -0.217. The molecule has 2 aromatic rings. The standard InChI is InChI=1S/C21H24ClN3O2/c22-17-6-4-5-15(13-17)9-11-24-20(26)16-10-12-23-19(14-16)21(27)25-18-7-2-1-3-8-18/h4-6,10,12-14,18H,1-3,7-9,11H2,(H,24,26)(H,25,27). The highest BCUT2D eigenvalue weighted by Crippen LogP contribution is 2.17. The zero-order valence-electron chi connectivity index (χ0n) is 15.2. The van der Waals surface area contributed by atoms with Gasteiger partial charge in [-0.2, -0.15) is 0 Å². The first-order valence-corrected chi connectivity index (χ1v) is 9.79. The molecule has 6 heteroatoms. The summed E-state index contributed by atoms with van der Waals surface area (Å²) in [4.78, 5) is 28.9. The molecule has 0 radical (unpaired) electrons. The zero-order chi connectivity index (χ0) is 19.1. The van der Waals surface area contributed by atoms with Gasteiger partial charge in [0.15, 0.2) is 0 Å². The summed E-state index contributed by atoms with van der Waals surface area (Å²) < 4.78 is 0. The molecular formula is C21H24ClN3O2. The molecule has 0 saturated heterocycles. The van der Waals surface area contributed by atoms with Crippen LogP contribution in [0.2, 0.25) is 5.02 Å². The van der Waals surface area contributed by atoms with Crippen LogP contribution in [0.5, 0.6) is 0 Å². The van der Waals surface area contributed by atoms with Gasteiger partial charge in [-0.25, -0.2) is 0 Å². The normalized spacial score (nSPS) is 14.6. The SMILES string of the molecule is O=C(NCCc1cccc(Cl)c1)c1ccnc(C(=O)NC2CCCCC2)c1. The van der Waals surface area contributed by atoms with E-state index in [0.29, 0.717) is 23.6 Å². The van der Waals surface area contributed by atoms with E-state index in [-0.39, 0.29) is 23.6 Å². The van der Waals surface area contributed by atoms with Gasteiger partial charge in [-0.05, 0) is 49.1 Å². The maximum Gasteiger partial charge on any atom is 0.270 e. The maximum atomic E-state index is 12.4. The van der Waals surface area contributed by atoms with E-state index in [1.165, 1.54) is 12.6 Å². The van der Waals surface area contributed by atoms with Crippen LogP contribution in [0.1, 0.15) is 58.5 Å². The van der Waals surface area contributed by atoms with Gasteiger partial charge in [-0.1, -0.05) is 43.0 Å². The van der Waals surface area contributed by atoms with Gasteiger partial charge in [0.05, 0.1) is 0 Å². The zero-order valence-corrected chi connectivity index (χ0v) is 16.0. The number of nitrogens with zero attached hydrogens (tertiary/aromatic N) is 1. The van der Waals surface area contributed by atoms with E-state index in [4.69, 9.17) is 11.6 Å². The molecule has 2 amide bonds. The second-order valence-electron chi connectivity index (χ2n) is 6.87. The van der Waals surface area contributed by atoms with Gasteiger partial charge in [0.1, 0.15) is 5.69 Å². The quantitative estimate of drug-likeness (QED) is 0.795. The first-order valence-electron chi connectivity index (χ1n) is 9.41. The van der Waals surface area contributed by atoms with Crippen LogP contribution in [0.4, 0.5) is 0 Å². The Kier molecular flexibility index (Phi) is 6.82. The average molecular weight is 386 g/mol. The third-order valence-electron chi connectivity index (χ3n) is 4.78. The molecule has 1 aromatic carbocycles. The van der Waals surface area contributed by atoms with Crippen molar-refractivity contribution in [3.63, 3.8) is 0 Å². The Morgan fingerprint density at radius 2 is 1.89 bits per heavy atom. The van der Waals surface area contributed by atoms with Crippen molar-refractivity contribution >= 4 is 23.4 Å². The fraction of sp³-hybridized carbons (Fsp3) is 0.381. The predicted octanol–water partition coefficient (Wildman–Crippen LogP) is 3.77. The summed E-state index contributed by atoms with van der Waals surface area (Å²) in [5.41, 5.74) is 1.78. The number of aromatic nitrogens is 1. The predicted molar refractivity (Wildman–Crippen MR) is 106 cm³/mol. The van der Waals surface area contributed by atoms with E-state index >= 15 is 0 Å². The van der Waals surface area contributed by atoms with Gasteiger partial charge in [0.25, 0.3) is 11.8 Å². The molecular weight excluding hydrogens is 362 g/mol. The van der Waals surface area contributed by atoms with Gasteiger partial charge in [0.2, 0.25) is 0 Å². The van der Waals surface area contributed by atoms with Crippen molar-refractivity contribution in [1.82, 2.24) is 15.6 Å². The number of rotatable bonds is 6. The molecule has 2 N–H and O–H groups in total. The molecule has 0 atom stereocenters. The molecule has 1 heterocycles. The molecule has 1 aliphatic rings. The summed E-state index contributed by atoms with van der Waals surface area (Å²) in [6.07, 6.45) is 7.73. The van der Waals surface area contributed by atoms with Crippen molar-refractivity contribution < 1.29 is 9.59 Å². The number of carbonyl (C=O) groups excluding carboxylic acids is 2. The van der Waals surface area contributed by atoms with Crippen molar-refractivity contribution in [2.75, 3.05) is 6.54 Å². The third-order valence-corrected chi connectivity index (χ3v) is 5.02. The fourth-order valence-electron chi connectivity index (χ4n) is 3.32. The number of carbonyl (C=O) groups is 2. The second kappa shape index (κ2) is 9.51. The second-order valence-corrected chi connectivity index (χ2v) is 7.31. The largest absolute Gasteiger partial charge is 0.352 e. The van der Waals surface area contributed by atoms with E-state index in [1.54, 1.807) is 12.1 Å². The van der Waals surface area contributed by atoms with Crippen LogP contribution < -0.4 is 10.6 Å². The van der Waals surface area contributed by atoms with Crippen molar-refractivity contribution in [2.45, 2.75) is 44.6 Å². The van der Waals surface area contributed by atoms with Crippen molar-refractivity contribution in [1.29, 1.82) is 0 Å². The highest BCUT2D eigenvalue weighted by Gasteiger charge is 2.18. The molecule has 3 rings (SSSR count). The average Bonchev–Trinajstić information content (AvgIpc) is 2.69. The summed E-state index contributed by atoms with van der Waals surface area (Å²) >= 11 is 5.97. The number of pyridine rings is 1. The molecule has 0 aliphatic heterocycles. The highest BCUT2D eigenvalue weighted by molar-refractivity contribution is 6.30. The van der Waals surface area contributed by atoms with Crippen LogP contribution >= 0.6 is 11.6 Å². The monoisotopic (exact) mass is 385 g/mol. The minimum absolute atomic E-state index is 0.211. The van der Waals surface area contributed by atoms with Gasteiger partial charge >= 0.3 is 0 Å². The van der Waals surface area contributed by atoms with Crippen molar-refractivity contribution in [3.8, 4) is 0 Å². The summed E-state index contributed by atoms with van der Waals surface area (Å²) in [5, 5.41) is 6.58. The van der Waals surface area contributed by atoms with Crippen molar-refractivity contribution in [2.24, 2.45) is 0 Å². The Morgan fingerprint density at radius 1 is 1.07 bits per heavy atom. The van der Waals surface area contributed by atoms with Crippen molar-refractivity contribution in [3.05, 3.63) is 64.4 Å². The van der Waals surface area contributed by atoms with Crippen LogP contribution in [0.15, 0.2) is 42.6 Å². The molecule has 142 valence electrons. The van der Waals surface area contributed by atoms with Gasteiger partial charge in [-0.3, -0.25) is 14.6 Å². The molecule has 0 spiro atoms. The lowest BCUT2D eigenvalue weighted by atomic mass is 9.95. The van der Waals surface area contributed by atoms with Crippen LogP contribution in [0.25, 0.3) is 0 Å². The van der Waals surface area contributed by atoms with E-state index in [9.17, 15) is 9.59 Å². The lowest BCUT2D eigenvalue weighted by Gasteiger charge is -2.22. The molecule has 0 unspecified atom stereocenters. The highest BCUT2D eigenvalue weighted by atomic mass is 35.5. The first-order chi connectivity index (χ1) is 13.1. The van der Waals surface area contributed by atoms with E-state index < -0.39 is 0 Å². The Balaban J connectivity index is 1.54.